The lowest BCUT2D eigenvalue weighted by Crippen LogP contribution is -2.63. The lowest BCUT2D eigenvalue weighted by Gasteiger charge is -2.55. The standard InChI is InChI=1S/C18H26N2O4/c1-5-10-20(14-11-15(24-6-2)18(14,3)4)16(21)12-8-7-9-13(19-12)17(22)23/h7-9,14-15H,5-6,10-11H2,1-4H3,(H,22,23). The van der Waals surface area contributed by atoms with E-state index in [1.165, 1.54) is 6.07 Å². The molecule has 1 saturated carbocycles. The van der Waals surface area contributed by atoms with Gasteiger partial charge in [-0.15, -0.1) is 0 Å². The first-order chi connectivity index (χ1) is 11.3. The minimum Gasteiger partial charge on any atom is -0.477 e. The van der Waals surface area contributed by atoms with Crippen LogP contribution in [0.2, 0.25) is 0 Å². The van der Waals surface area contributed by atoms with E-state index in [0.717, 1.165) is 12.8 Å². The lowest BCUT2D eigenvalue weighted by molar-refractivity contribution is -0.140. The van der Waals surface area contributed by atoms with E-state index in [9.17, 15) is 9.59 Å². The molecule has 1 aliphatic rings. The van der Waals surface area contributed by atoms with Crippen molar-refractivity contribution in [1.82, 2.24) is 9.88 Å². The Bertz CT molecular complexity index is 615. The Kier molecular flexibility index (Phi) is 5.59. The second-order valence-corrected chi connectivity index (χ2v) is 6.73. The van der Waals surface area contributed by atoms with E-state index in [1.807, 2.05) is 18.7 Å². The summed E-state index contributed by atoms with van der Waals surface area (Å²) >= 11 is 0. The molecule has 1 heterocycles. The van der Waals surface area contributed by atoms with Gasteiger partial charge >= 0.3 is 5.97 Å². The molecule has 2 rings (SSSR count). The first-order valence-corrected chi connectivity index (χ1v) is 8.45. The van der Waals surface area contributed by atoms with Crippen LogP contribution in [0.25, 0.3) is 0 Å². The smallest absolute Gasteiger partial charge is 0.354 e. The number of rotatable bonds is 7. The number of pyridine rings is 1. The van der Waals surface area contributed by atoms with Crippen molar-refractivity contribution in [2.45, 2.75) is 52.7 Å². The summed E-state index contributed by atoms with van der Waals surface area (Å²) in [5.74, 6) is -1.35. The molecule has 0 radical (unpaired) electrons. The van der Waals surface area contributed by atoms with E-state index in [2.05, 4.69) is 18.8 Å². The zero-order chi connectivity index (χ0) is 17.9. The van der Waals surface area contributed by atoms with Crippen LogP contribution >= 0.6 is 0 Å². The number of ether oxygens (including phenoxy) is 1. The molecule has 0 aromatic carbocycles. The zero-order valence-electron chi connectivity index (χ0n) is 14.8. The van der Waals surface area contributed by atoms with Gasteiger partial charge in [-0.3, -0.25) is 4.79 Å². The molecule has 0 saturated heterocycles. The van der Waals surface area contributed by atoms with Crippen LogP contribution in [0, 0.1) is 5.41 Å². The number of hydrogen-bond acceptors (Lipinski definition) is 4. The quantitative estimate of drug-likeness (QED) is 0.829. The van der Waals surface area contributed by atoms with Crippen LogP contribution in [0.5, 0.6) is 0 Å². The van der Waals surface area contributed by atoms with Crippen molar-refractivity contribution in [2.75, 3.05) is 13.2 Å². The van der Waals surface area contributed by atoms with Gasteiger partial charge in [0, 0.05) is 24.6 Å². The highest BCUT2D eigenvalue weighted by molar-refractivity contribution is 5.94. The van der Waals surface area contributed by atoms with E-state index in [1.54, 1.807) is 12.1 Å². The van der Waals surface area contributed by atoms with Gasteiger partial charge in [-0.1, -0.05) is 26.8 Å². The van der Waals surface area contributed by atoms with Crippen molar-refractivity contribution in [3.05, 3.63) is 29.6 Å². The summed E-state index contributed by atoms with van der Waals surface area (Å²) in [5.41, 5.74) is -0.0676. The molecule has 1 N–H and O–H groups in total. The highest BCUT2D eigenvalue weighted by Crippen LogP contribution is 2.46. The molecule has 6 nitrogen and oxygen atoms in total. The molecule has 24 heavy (non-hydrogen) atoms. The van der Waals surface area contributed by atoms with E-state index in [4.69, 9.17) is 9.84 Å². The second-order valence-electron chi connectivity index (χ2n) is 6.73. The van der Waals surface area contributed by atoms with Crippen molar-refractivity contribution in [3.63, 3.8) is 0 Å². The summed E-state index contributed by atoms with van der Waals surface area (Å²) < 4.78 is 5.76. The summed E-state index contributed by atoms with van der Waals surface area (Å²) in [5, 5.41) is 9.07. The van der Waals surface area contributed by atoms with Crippen LogP contribution < -0.4 is 0 Å². The summed E-state index contributed by atoms with van der Waals surface area (Å²) in [6, 6.07) is 4.59. The van der Waals surface area contributed by atoms with Crippen LogP contribution in [-0.2, 0) is 4.74 Å². The molecule has 0 spiro atoms. The Morgan fingerprint density at radius 2 is 2.00 bits per heavy atom. The summed E-state index contributed by atoms with van der Waals surface area (Å²) in [4.78, 5) is 29.8. The third kappa shape index (κ3) is 3.43. The first kappa shape index (κ1) is 18.4. The molecule has 1 amide bonds. The molecule has 132 valence electrons. The molecule has 1 fully saturated rings. The van der Waals surface area contributed by atoms with Crippen LogP contribution in [0.3, 0.4) is 0 Å². The topological polar surface area (TPSA) is 79.7 Å². The zero-order valence-corrected chi connectivity index (χ0v) is 14.8. The van der Waals surface area contributed by atoms with Crippen molar-refractivity contribution in [1.29, 1.82) is 0 Å². The van der Waals surface area contributed by atoms with E-state index >= 15 is 0 Å². The van der Waals surface area contributed by atoms with Crippen molar-refractivity contribution in [3.8, 4) is 0 Å². The molecule has 0 bridgehead atoms. The van der Waals surface area contributed by atoms with Gasteiger partial charge in [-0.25, -0.2) is 9.78 Å². The number of aromatic carboxylic acids is 1. The predicted molar refractivity (Wildman–Crippen MR) is 90.1 cm³/mol. The van der Waals surface area contributed by atoms with Crippen LogP contribution in [0.15, 0.2) is 18.2 Å². The molecular formula is C18H26N2O4. The minimum atomic E-state index is -1.13. The largest absolute Gasteiger partial charge is 0.477 e. The maximum absolute atomic E-state index is 12.9. The number of aromatic nitrogens is 1. The SMILES string of the molecule is CCCN(C(=O)c1cccc(C(=O)O)n1)C1CC(OCC)C1(C)C. The number of hydrogen-bond donors (Lipinski definition) is 1. The Hall–Kier alpha value is -1.95. The molecule has 1 aliphatic carbocycles. The summed E-state index contributed by atoms with van der Waals surface area (Å²) in [6.07, 6.45) is 1.76. The normalized spacial score (nSPS) is 21.8. The van der Waals surface area contributed by atoms with Gasteiger partial charge in [0.25, 0.3) is 5.91 Å². The number of carbonyl (C=O) groups excluding carboxylic acids is 1. The Morgan fingerprint density at radius 1 is 1.33 bits per heavy atom. The van der Waals surface area contributed by atoms with Gasteiger partial charge in [-0.2, -0.15) is 0 Å². The number of carboxylic acid groups (broad SMARTS) is 1. The molecule has 0 aliphatic heterocycles. The second kappa shape index (κ2) is 7.30. The minimum absolute atomic E-state index is 0.0665. The van der Waals surface area contributed by atoms with E-state index in [0.29, 0.717) is 13.2 Å². The Morgan fingerprint density at radius 3 is 2.54 bits per heavy atom. The highest BCUT2D eigenvalue weighted by Gasteiger charge is 2.52. The predicted octanol–water partition coefficient (Wildman–Crippen LogP) is 2.84. The number of carboxylic acids is 1. The third-order valence-electron chi connectivity index (χ3n) is 4.78. The molecule has 1 aromatic rings. The average molecular weight is 334 g/mol. The maximum Gasteiger partial charge on any atom is 0.354 e. The fourth-order valence-corrected chi connectivity index (χ4v) is 3.34. The van der Waals surface area contributed by atoms with Crippen LogP contribution in [-0.4, -0.2) is 52.2 Å². The van der Waals surface area contributed by atoms with Crippen molar-refractivity contribution in [2.24, 2.45) is 5.41 Å². The molecule has 2 unspecified atom stereocenters. The molecule has 2 atom stereocenters. The van der Waals surface area contributed by atoms with Crippen molar-refractivity contribution < 1.29 is 19.4 Å². The van der Waals surface area contributed by atoms with Crippen molar-refractivity contribution >= 4 is 11.9 Å². The Labute approximate surface area is 142 Å². The van der Waals surface area contributed by atoms with Gasteiger partial charge in [0.1, 0.15) is 11.4 Å². The fraction of sp³-hybridized carbons (Fsp3) is 0.611. The molecule has 6 heteroatoms. The van der Waals surface area contributed by atoms with E-state index < -0.39 is 5.97 Å². The fourth-order valence-electron chi connectivity index (χ4n) is 3.34. The summed E-state index contributed by atoms with van der Waals surface area (Å²) in [6.45, 7) is 9.49. The van der Waals surface area contributed by atoms with Gasteiger partial charge < -0.3 is 14.7 Å². The van der Waals surface area contributed by atoms with E-state index in [-0.39, 0.29) is 34.9 Å². The van der Waals surface area contributed by atoms with Gasteiger partial charge in [0.2, 0.25) is 0 Å². The van der Waals surface area contributed by atoms with Gasteiger partial charge in [-0.05, 0) is 31.9 Å². The van der Waals surface area contributed by atoms with Gasteiger partial charge in [0.15, 0.2) is 0 Å². The van der Waals surface area contributed by atoms with Crippen LogP contribution in [0.1, 0.15) is 61.5 Å². The number of amides is 1. The average Bonchev–Trinajstić information content (AvgIpc) is 2.56. The lowest BCUT2D eigenvalue weighted by atomic mass is 9.63. The van der Waals surface area contributed by atoms with Crippen LogP contribution in [0.4, 0.5) is 0 Å². The van der Waals surface area contributed by atoms with Gasteiger partial charge in [0.05, 0.1) is 6.10 Å². The number of nitrogens with zero attached hydrogens (tertiary/aromatic N) is 2. The first-order valence-electron chi connectivity index (χ1n) is 8.45. The monoisotopic (exact) mass is 334 g/mol. The highest BCUT2D eigenvalue weighted by atomic mass is 16.5. The Balaban J connectivity index is 2.23. The third-order valence-corrected chi connectivity index (χ3v) is 4.78. The molecule has 1 aromatic heterocycles. The summed E-state index contributed by atoms with van der Waals surface area (Å²) in [7, 11) is 0. The maximum atomic E-state index is 12.9. The number of carbonyl (C=O) groups is 2. The molecular weight excluding hydrogens is 308 g/mol.